The number of aromatic nitrogens is 4. The monoisotopic (exact) mass is 270 g/mol. The van der Waals surface area contributed by atoms with Crippen molar-refractivity contribution >= 4 is 15.8 Å². The highest BCUT2D eigenvalue weighted by atomic mass is 32.2. The van der Waals surface area contributed by atoms with E-state index in [0.29, 0.717) is 0 Å². The molecule has 0 aliphatic heterocycles. The molecule has 0 saturated carbocycles. The SMILES string of the molecule is Cn1cc(S(=O)(=O)NCc2ccnn2C)c(N)n1. The third kappa shape index (κ3) is 2.36. The molecule has 8 nitrogen and oxygen atoms in total. The third-order valence-corrected chi connectivity index (χ3v) is 3.90. The Morgan fingerprint density at radius 3 is 2.67 bits per heavy atom. The molecule has 18 heavy (non-hydrogen) atoms. The third-order valence-electron chi connectivity index (χ3n) is 2.48. The fourth-order valence-corrected chi connectivity index (χ4v) is 2.61. The second kappa shape index (κ2) is 4.42. The van der Waals surface area contributed by atoms with E-state index in [0.717, 1.165) is 5.69 Å². The van der Waals surface area contributed by atoms with Gasteiger partial charge in [0.2, 0.25) is 10.0 Å². The van der Waals surface area contributed by atoms with Crippen molar-refractivity contribution in [2.75, 3.05) is 5.73 Å². The Balaban J connectivity index is 2.18. The molecule has 0 aromatic carbocycles. The van der Waals surface area contributed by atoms with Crippen LogP contribution in [-0.4, -0.2) is 28.0 Å². The molecule has 0 spiro atoms. The molecule has 9 heteroatoms. The number of anilines is 1. The lowest BCUT2D eigenvalue weighted by Crippen LogP contribution is -2.24. The Morgan fingerprint density at radius 2 is 2.17 bits per heavy atom. The highest BCUT2D eigenvalue weighted by Crippen LogP contribution is 2.15. The predicted molar refractivity (Wildman–Crippen MR) is 64.9 cm³/mol. The van der Waals surface area contributed by atoms with Gasteiger partial charge in [-0.05, 0) is 6.07 Å². The van der Waals surface area contributed by atoms with Gasteiger partial charge < -0.3 is 5.73 Å². The van der Waals surface area contributed by atoms with E-state index in [9.17, 15) is 8.42 Å². The summed E-state index contributed by atoms with van der Waals surface area (Å²) in [6, 6.07) is 1.73. The first-order chi connectivity index (χ1) is 8.40. The van der Waals surface area contributed by atoms with E-state index < -0.39 is 10.0 Å². The maximum atomic E-state index is 12.0. The largest absolute Gasteiger partial charge is 0.381 e. The van der Waals surface area contributed by atoms with Gasteiger partial charge in [0.1, 0.15) is 4.90 Å². The minimum atomic E-state index is -3.66. The van der Waals surface area contributed by atoms with Crippen LogP contribution in [0.5, 0.6) is 0 Å². The van der Waals surface area contributed by atoms with Crippen LogP contribution in [0, 0.1) is 0 Å². The molecule has 0 atom stereocenters. The van der Waals surface area contributed by atoms with Crippen LogP contribution in [0.1, 0.15) is 5.69 Å². The Bertz CT molecular complexity index is 656. The average molecular weight is 270 g/mol. The number of hydrogen-bond donors (Lipinski definition) is 2. The molecule has 0 aliphatic carbocycles. The zero-order chi connectivity index (χ0) is 13.3. The molecular formula is C9H14N6O2S. The van der Waals surface area contributed by atoms with Crippen molar-refractivity contribution in [2.24, 2.45) is 14.1 Å². The Hall–Kier alpha value is -1.87. The van der Waals surface area contributed by atoms with Gasteiger partial charge in [0.25, 0.3) is 0 Å². The molecule has 2 aromatic heterocycles. The number of sulfonamides is 1. The number of nitrogens with one attached hydrogen (secondary N) is 1. The minimum Gasteiger partial charge on any atom is -0.381 e. The van der Waals surface area contributed by atoms with E-state index in [1.54, 1.807) is 31.0 Å². The number of nitrogens with zero attached hydrogens (tertiary/aromatic N) is 4. The van der Waals surface area contributed by atoms with E-state index in [1.165, 1.54) is 10.9 Å². The van der Waals surface area contributed by atoms with Crippen molar-refractivity contribution in [2.45, 2.75) is 11.4 Å². The van der Waals surface area contributed by atoms with E-state index in [4.69, 9.17) is 5.73 Å². The molecule has 0 bridgehead atoms. The summed E-state index contributed by atoms with van der Waals surface area (Å²) in [6.45, 7) is 0.146. The molecule has 0 unspecified atom stereocenters. The average Bonchev–Trinajstić information content (AvgIpc) is 2.82. The number of nitrogen functional groups attached to an aromatic ring is 1. The summed E-state index contributed by atoms with van der Waals surface area (Å²) in [5, 5.41) is 7.75. The number of rotatable bonds is 4. The van der Waals surface area contributed by atoms with Crippen LogP contribution in [0.3, 0.4) is 0 Å². The van der Waals surface area contributed by atoms with Gasteiger partial charge in [-0.2, -0.15) is 10.2 Å². The first kappa shape index (κ1) is 12.6. The van der Waals surface area contributed by atoms with E-state index >= 15 is 0 Å². The topological polar surface area (TPSA) is 108 Å². The highest BCUT2D eigenvalue weighted by molar-refractivity contribution is 7.89. The molecule has 2 heterocycles. The Morgan fingerprint density at radius 1 is 1.44 bits per heavy atom. The van der Waals surface area contributed by atoms with Gasteiger partial charge in [0, 0.05) is 26.5 Å². The normalized spacial score (nSPS) is 11.9. The minimum absolute atomic E-state index is 0.0185. The standard InChI is InChI=1S/C9H14N6O2S/c1-14-6-8(9(10)13-14)18(16,17)12-5-7-3-4-11-15(7)2/h3-4,6,12H,5H2,1-2H3,(H2,10,13). The van der Waals surface area contributed by atoms with Gasteiger partial charge in [-0.25, -0.2) is 13.1 Å². The lowest BCUT2D eigenvalue weighted by Gasteiger charge is -2.05. The summed E-state index contributed by atoms with van der Waals surface area (Å²) < 4.78 is 29.4. The summed E-state index contributed by atoms with van der Waals surface area (Å²) in [6.07, 6.45) is 2.96. The summed E-state index contributed by atoms with van der Waals surface area (Å²) >= 11 is 0. The molecule has 2 aromatic rings. The molecule has 0 fully saturated rings. The molecule has 0 aliphatic rings. The summed E-state index contributed by atoms with van der Waals surface area (Å²) in [7, 11) is -0.317. The number of aryl methyl sites for hydroxylation is 2. The lowest BCUT2D eigenvalue weighted by molar-refractivity contribution is 0.577. The highest BCUT2D eigenvalue weighted by Gasteiger charge is 2.20. The molecule has 0 amide bonds. The van der Waals surface area contributed by atoms with Crippen molar-refractivity contribution < 1.29 is 8.42 Å². The summed E-state index contributed by atoms with van der Waals surface area (Å²) in [4.78, 5) is -0.0211. The zero-order valence-corrected chi connectivity index (χ0v) is 10.8. The van der Waals surface area contributed by atoms with Gasteiger partial charge in [-0.15, -0.1) is 0 Å². The second-order valence-corrected chi connectivity index (χ2v) is 5.56. The molecule has 98 valence electrons. The summed E-state index contributed by atoms with van der Waals surface area (Å²) in [5.41, 5.74) is 6.29. The predicted octanol–water partition coefficient (Wildman–Crippen LogP) is -0.786. The van der Waals surface area contributed by atoms with E-state index in [1.807, 2.05) is 0 Å². The van der Waals surface area contributed by atoms with Crippen LogP contribution >= 0.6 is 0 Å². The molecule has 0 radical (unpaired) electrons. The van der Waals surface area contributed by atoms with Crippen LogP contribution in [0.4, 0.5) is 5.82 Å². The van der Waals surface area contributed by atoms with Crippen molar-refractivity contribution in [3.63, 3.8) is 0 Å². The van der Waals surface area contributed by atoms with Gasteiger partial charge in [-0.3, -0.25) is 9.36 Å². The molecule has 3 N–H and O–H groups in total. The van der Waals surface area contributed by atoms with Gasteiger partial charge in [-0.1, -0.05) is 0 Å². The van der Waals surface area contributed by atoms with Crippen molar-refractivity contribution in [1.29, 1.82) is 0 Å². The van der Waals surface area contributed by atoms with Crippen molar-refractivity contribution in [1.82, 2.24) is 24.3 Å². The molecular weight excluding hydrogens is 256 g/mol. The lowest BCUT2D eigenvalue weighted by atomic mass is 10.4. The van der Waals surface area contributed by atoms with Crippen molar-refractivity contribution in [3.8, 4) is 0 Å². The maximum Gasteiger partial charge on any atom is 0.246 e. The molecule has 2 rings (SSSR count). The van der Waals surface area contributed by atoms with Gasteiger partial charge in [0.05, 0.1) is 12.2 Å². The summed E-state index contributed by atoms with van der Waals surface area (Å²) in [5.74, 6) is -0.0185. The first-order valence-corrected chi connectivity index (χ1v) is 6.64. The Labute approximate surface area is 104 Å². The number of hydrogen-bond acceptors (Lipinski definition) is 5. The first-order valence-electron chi connectivity index (χ1n) is 5.16. The number of nitrogens with two attached hydrogens (primary N) is 1. The van der Waals surface area contributed by atoms with Crippen LogP contribution in [0.15, 0.2) is 23.4 Å². The van der Waals surface area contributed by atoms with E-state index in [-0.39, 0.29) is 17.3 Å². The van der Waals surface area contributed by atoms with Crippen LogP contribution in [-0.2, 0) is 30.7 Å². The van der Waals surface area contributed by atoms with Gasteiger partial charge in [0.15, 0.2) is 5.82 Å². The second-order valence-electron chi connectivity index (χ2n) is 3.82. The van der Waals surface area contributed by atoms with Crippen LogP contribution in [0.2, 0.25) is 0 Å². The Kier molecular flexibility index (Phi) is 3.09. The quantitative estimate of drug-likeness (QED) is 0.757. The fraction of sp³-hybridized carbons (Fsp3) is 0.333. The fourth-order valence-electron chi connectivity index (χ4n) is 1.51. The van der Waals surface area contributed by atoms with E-state index in [2.05, 4.69) is 14.9 Å². The van der Waals surface area contributed by atoms with Crippen molar-refractivity contribution in [3.05, 3.63) is 24.2 Å². The van der Waals surface area contributed by atoms with Crippen LogP contribution in [0.25, 0.3) is 0 Å². The smallest absolute Gasteiger partial charge is 0.246 e. The zero-order valence-electron chi connectivity index (χ0n) is 10.0. The van der Waals surface area contributed by atoms with Gasteiger partial charge >= 0.3 is 0 Å². The van der Waals surface area contributed by atoms with Crippen LogP contribution < -0.4 is 10.5 Å². The molecule has 0 saturated heterocycles. The maximum absolute atomic E-state index is 12.0.